The highest BCUT2D eigenvalue weighted by atomic mass is 16.5. The van der Waals surface area contributed by atoms with E-state index in [1.807, 2.05) is 6.20 Å². The predicted octanol–water partition coefficient (Wildman–Crippen LogP) is 1.31. The minimum atomic E-state index is 0.455. The van der Waals surface area contributed by atoms with Gasteiger partial charge in [-0.3, -0.25) is 4.68 Å². The summed E-state index contributed by atoms with van der Waals surface area (Å²) in [7, 11) is 0. The van der Waals surface area contributed by atoms with E-state index in [0.717, 1.165) is 32.7 Å². The van der Waals surface area contributed by atoms with Crippen LogP contribution in [-0.2, 0) is 4.74 Å². The molecule has 1 aromatic rings. The van der Waals surface area contributed by atoms with E-state index in [1.165, 1.54) is 18.4 Å². The molecule has 2 unspecified atom stereocenters. The van der Waals surface area contributed by atoms with Crippen LogP contribution in [0.5, 0.6) is 0 Å². The number of nitrogens with one attached hydrogen (secondary N) is 1. The first-order valence-electron chi connectivity index (χ1n) is 6.26. The second kappa shape index (κ2) is 4.55. The summed E-state index contributed by atoms with van der Waals surface area (Å²) >= 11 is 0. The zero-order chi connectivity index (χ0) is 10.8. The maximum atomic E-state index is 5.50. The number of hydrogen-bond acceptors (Lipinski definition) is 3. The number of rotatable bonds is 2. The zero-order valence-electron chi connectivity index (χ0n) is 9.56. The van der Waals surface area contributed by atoms with Crippen molar-refractivity contribution >= 4 is 0 Å². The number of nitrogens with zero attached hydrogens (tertiary/aromatic N) is 2. The molecule has 1 N–H and O–H groups in total. The standard InChI is InChI=1S/C12H19N3O/c1-2-12(9-16-5-1)15-8-11(7-14-15)10-3-4-13-6-10/h7-8,10,12-13H,1-6,9H2. The Morgan fingerprint density at radius 3 is 3.19 bits per heavy atom. The fraction of sp³-hybridized carbons (Fsp3) is 0.750. The smallest absolute Gasteiger partial charge is 0.0753 e. The fourth-order valence-electron chi connectivity index (χ4n) is 2.63. The lowest BCUT2D eigenvalue weighted by atomic mass is 10.0. The van der Waals surface area contributed by atoms with E-state index < -0.39 is 0 Å². The van der Waals surface area contributed by atoms with Crippen LogP contribution in [-0.4, -0.2) is 36.1 Å². The van der Waals surface area contributed by atoms with Gasteiger partial charge >= 0.3 is 0 Å². The molecule has 4 nitrogen and oxygen atoms in total. The molecule has 88 valence electrons. The molecule has 2 fully saturated rings. The first-order chi connectivity index (χ1) is 7.93. The van der Waals surface area contributed by atoms with Gasteiger partial charge in [0.15, 0.2) is 0 Å². The second-order valence-electron chi connectivity index (χ2n) is 4.81. The topological polar surface area (TPSA) is 39.1 Å². The van der Waals surface area contributed by atoms with E-state index in [4.69, 9.17) is 4.74 Å². The van der Waals surface area contributed by atoms with E-state index in [0.29, 0.717) is 12.0 Å². The van der Waals surface area contributed by atoms with Crippen molar-refractivity contribution in [2.24, 2.45) is 0 Å². The third kappa shape index (κ3) is 1.99. The molecule has 3 heterocycles. The zero-order valence-corrected chi connectivity index (χ0v) is 9.56. The third-order valence-electron chi connectivity index (χ3n) is 3.66. The van der Waals surface area contributed by atoms with Crippen molar-refractivity contribution in [2.45, 2.75) is 31.2 Å². The molecule has 4 heteroatoms. The molecule has 0 amide bonds. The van der Waals surface area contributed by atoms with E-state index in [2.05, 4.69) is 21.3 Å². The molecule has 3 rings (SSSR count). The van der Waals surface area contributed by atoms with Crippen molar-refractivity contribution < 1.29 is 4.74 Å². The van der Waals surface area contributed by atoms with Crippen LogP contribution in [0.1, 0.15) is 36.8 Å². The van der Waals surface area contributed by atoms with Gasteiger partial charge in [-0.05, 0) is 31.4 Å². The van der Waals surface area contributed by atoms with Gasteiger partial charge in [0.05, 0.1) is 18.8 Å². The molecule has 0 saturated carbocycles. The molecule has 2 saturated heterocycles. The Labute approximate surface area is 96.0 Å². The predicted molar refractivity (Wildman–Crippen MR) is 61.5 cm³/mol. The molecule has 2 atom stereocenters. The van der Waals surface area contributed by atoms with Crippen molar-refractivity contribution in [3.05, 3.63) is 18.0 Å². The van der Waals surface area contributed by atoms with Gasteiger partial charge in [-0.1, -0.05) is 0 Å². The molecular weight excluding hydrogens is 202 g/mol. The maximum absolute atomic E-state index is 5.50. The lowest BCUT2D eigenvalue weighted by Crippen LogP contribution is -2.21. The highest BCUT2D eigenvalue weighted by molar-refractivity contribution is 5.14. The van der Waals surface area contributed by atoms with Gasteiger partial charge in [0.25, 0.3) is 0 Å². The Kier molecular flexibility index (Phi) is 2.93. The van der Waals surface area contributed by atoms with E-state index in [9.17, 15) is 0 Å². The third-order valence-corrected chi connectivity index (χ3v) is 3.66. The average Bonchev–Trinajstić information content (AvgIpc) is 3.01. The molecule has 0 aromatic carbocycles. The largest absolute Gasteiger partial charge is 0.379 e. The molecule has 0 radical (unpaired) electrons. The molecule has 2 aliphatic heterocycles. The SMILES string of the molecule is c1nn(C2CCCOC2)cc1C1CCNC1. The average molecular weight is 221 g/mol. The van der Waals surface area contributed by atoms with Crippen molar-refractivity contribution in [3.63, 3.8) is 0 Å². The normalized spacial score (nSPS) is 30.8. The van der Waals surface area contributed by atoms with Crippen molar-refractivity contribution in [2.75, 3.05) is 26.3 Å². The summed E-state index contributed by atoms with van der Waals surface area (Å²) in [5, 5.41) is 7.89. The van der Waals surface area contributed by atoms with Crippen LogP contribution in [0.15, 0.2) is 12.4 Å². The lowest BCUT2D eigenvalue weighted by molar-refractivity contribution is 0.0549. The quantitative estimate of drug-likeness (QED) is 0.818. The Morgan fingerprint density at radius 2 is 2.44 bits per heavy atom. The fourth-order valence-corrected chi connectivity index (χ4v) is 2.63. The van der Waals surface area contributed by atoms with Gasteiger partial charge < -0.3 is 10.1 Å². The van der Waals surface area contributed by atoms with Crippen LogP contribution in [0, 0.1) is 0 Å². The van der Waals surface area contributed by atoms with Gasteiger partial charge in [-0.15, -0.1) is 0 Å². The number of aromatic nitrogens is 2. The second-order valence-corrected chi connectivity index (χ2v) is 4.81. The van der Waals surface area contributed by atoms with E-state index in [1.54, 1.807) is 0 Å². The molecule has 2 aliphatic rings. The van der Waals surface area contributed by atoms with Crippen molar-refractivity contribution in [1.29, 1.82) is 0 Å². The Bertz CT molecular complexity index is 338. The van der Waals surface area contributed by atoms with Crippen LogP contribution >= 0.6 is 0 Å². The highest BCUT2D eigenvalue weighted by Gasteiger charge is 2.21. The minimum Gasteiger partial charge on any atom is -0.379 e. The number of hydrogen-bond donors (Lipinski definition) is 1. The maximum Gasteiger partial charge on any atom is 0.0753 e. The molecule has 0 aliphatic carbocycles. The van der Waals surface area contributed by atoms with Gasteiger partial charge in [0, 0.05) is 25.3 Å². The van der Waals surface area contributed by atoms with Crippen LogP contribution in [0.3, 0.4) is 0 Å². The molecule has 16 heavy (non-hydrogen) atoms. The van der Waals surface area contributed by atoms with E-state index >= 15 is 0 Å². The Hall–Kier alpha value is -0.870. The Balaban J connectivity index is 1.71. The van der Waals surface area contributed by atoms with Gasteiger partial charge in [-0.2, -0.15) is 5.10 Å². The van der Waals surface area contributed by atoms with Crippen molar-refractivity contribution in [1.82, 2.24) is 15.1 Å². The summed E-state index contributed by atoms with van der Waals surface area (Å²) in [5.74, 6) is 0.665. The first-order valence-corrected chi connectivity index (χ1v) is 6.26. The summed E-state index contributed by atoms with van der Waals surface area (Å²) in [6.45, 7) is 3.98. The van der Waals surface area contributed by atoms with Gasteiger partial charge in [0.1, 0.15) is 0 Å². The summed E-state index contributed by atoms with van der Waals surface area (Å²) in [6.07, 6.45) is 7.85. The van der Waals surface area contributed by atoms with Crippen molar-refractivity contribution in [3.8, 4) is 0 Å². The molecular formula is C12H19N3O. The minimum absolute atomic E-state index is 0.455. The molecule has 0 bridgehead atoms. The summed E-state index contributed by atoms with van der Waals surface area (Å²) in [4.78, 5) is 0. The molecule has 0 spiro atoms. The Morgan fingerprint density at radius 1 is 1.44 bits per heavy atom. The highest BCUT2D eigenvalue weighted by Crippen LogP contribution is 2.24. The van der Waals surface area contributed by atoms with Crippen LogP contribution in [0.2, 0.25) is 0 Å². The summed E-state index contributed by atoms with van der Waals surface area (Å²) in [5.41, 5.74) is 1.38. The first kappa shape index (κ1) is 10.3. The van der Waals surface area contributed by atoms with Crippen LogP contribution in [0.4, 0.5) is 0 Å². The summed E-state index contributed by atoms with van der Waals surface area (Å²) in [6, 6.07) is 0.455. The van der Waals surface area contributed by atoms with Gasteiger partial charge in [-0.25, -0.2) is 0 Å². The molecule has 1 aromatic heterocycles. The van der Waals surface area contributed by atoms with Crippen LogP contribution < -0.4 is 5.32 Å². The lowest BCUT2D eigenvalue weighted by Gasteiger charge is -2.22. The monoisotopic (exact) mass is 221 g/mol. The van der Waals surface area contributed by atoms with Crippen LogP contribution in [0.25, 0.3) is 0 Å². The van der Waals surface area contributed by atoms with Gasteiger partial charge in [0.2, 0.25) is 0 Å². The summed E-state index contributed by atoms with van der Waals surface area (Å²) < 4.78 is 7.60. The van der Waals surface area contributed by atoms with E-state index in [-0.39, 0.29) is 0 Å². The number of ether oxygens (including phenoxy) is 1.